The Kier molecular flexibility index (Phi) is 10.6. The second-order valence-corrected chi connectivity index (χ2v) is 10.9. The topological polar surface area (TPSA) is 65.4 Å². The van der Waals surface area contributed by atoms with E-state index in [2.05, 4.69) is 73.9 Å². The number of ether oxygens (including phenoxy) is 2. The van der Waals surface area contributed by atoms with Gasteiger partial charge in [-0.2, -0.15) is 0 Å². The van der Waals surface area contributed by atoms with Crippen LogP contribution in [-0.2, 0) is 0 Å². The molecule has 1 saturated heterocycles. The predicted octanol–water partition coefficient (Wildman–Crippen LogP) is 4.35. The zero-order valence-corrected chi connectivity index (χ0v) is 23.0. The van der Waals surface area contributed by atoms with E-state index in [0.717, 1.165) is 48.8 Å². The number of rotatable bonds is 12. The lowest BCUT2D eigenvalue weighted by Crippen LogP contribution is -2.51. The minimum atomic E-state index is -0.539. The summed E-state index contributed by atoms with van der Waals surface area (Å²) in [5.74, 6) is 2.60. The van der Waals surface area contributed by atoms with Gasteiger partial charge in [0, 0.05) is 39.3 Å². The zero-order valence-electron chi connectivity index (χ0n) is 23.0. The van der Waals surface area contributed by atoms with Crippen molar-refractivity contribution in [1.82, 2.24) is 9.80 Å². The molecule has 2 N–H and O–H groups in total. The van der Waals surface area contributed by atoms with E-state index in [-0.39, 0.29) is 13.2 Å². The van der Waals surface area contributed by atoms with Gasteiger partial charge in [-0.3, -0.25) is 9.80 Å². The van der Waals surface area contributed by atoms with Gasteiger partial charge in [0.15, 0.2) is 0 Å². The molecule has 0 bridgehead atoms. The molecular formula is C30H46N2O4. The molecular weight excluding hydrogens is 452 g/mol. The van der Waals surface area contributed by atoms with Gasteiger partial charge < -0.3 is 19.7 Å². The normalized spacial score (nSPS) is 16.9. The van der Waals surface area contributed by atoms with Crippen molar-refractivity contribution in [3.05, 3.63) is 58.7 Å². The van der Waals surface area contributed by atoms with Gasteiger partial charge in [0.2, 0.25) is 0 Å². The Morgan fingerprint density at radius 2 is 1.03 bits per heavy atom. The van der Waals surface area contributed by atoms with Gasteiger partial charge >= 0.3 is 0 Å². The molecule has 0 spiro atoms. The number of hydrogen-bond acceptors (Lipinski definition) is 6. The molecule has 1 aliphatic rings. The first-order valence-electron chi connectivity index (χ1n) is 13.4. The Hall–Kier alpha value is -2.12. The summed E-state index contributed by atoms with van der Waals surface area (Å²) in [6.07, 6.45) is -1.08. The second-order valence-electron chi connectivity index (χ2n) is 10.9. The molecule has 2 aromatic carbocycles. The van der Waals surface area contributed by atoms with Crippen LogP contribution in [0.25, 0.3) is 0 Å². The molecule has 0 saturated carbocycles. The standard InChI is InChI=1S/C30H46N2O4/c1-21(2)25-9-7-23(5)29(15-25)35-19-27(33)17-31-11-13-32(14-12-31)18-28(34)20-36-30-16-26(22(3)4)10-8-24(30)6/h7-10,15-16,21-22,27-28,33-34H,11-14,17-20H2,1-6H3/t27-,28+. The highest BCUT2D eigenvalue weighted by molar-refractivity contribution is 5.38. The van der Waals surface area contributed by atoms with Gasteiger partial charge in [0.25, 0.3) is 0 Å². The quantitative estimate of drug-likeness (QED) is 0.454. The third-order valence-electron chi connectivity index (χ3n) is 7.02. The Morgan fingerprint density at radius 1 is 0.667 bits per heavy atom. The first-order valence-corrected chi connectivity index (χ1v) is 13.4. The molecule has 2 aromatic rings. The van der Waals surface area contributed by atoms with E-state index in [4.69, 9.17) is 9.47 Å². The highest BCUT2D eigenvalue weighted by Crippen LogP contribution is 2.25. The minimum Gasteiger partial charge on any atom is -0.491 e. The fourth-order valence-electron chi connectivity index (χ4n) is 4.49. The molecule has 0 radical (unpaired) electrons. The van der Waals surface area contributed by atoms with Gasteiger partial charge in [-0.1, -0.05) is 52.0 Å². The van der Waals surface area contributed by atoms with Crippen molar-refractivity contribution in [2.45, 2.75) is 65.6 Å². The van der Waals surface area contributed by atoms with Crippen LogP contribution in [0.1, 0.15) is 61.8 Å². The van der Waals surface area contributed by atoms with Crippen LogP contribution in [0.2, 0.25) is 0 Å². The smallest absolute Gasteiger partial charge is 0.122 e. The number of aliphatic hydroxyl groups excluding tert-OH is 2. The predicted molar refractivity (Wildman–Crippen MR) is 146 cm³/mol. The van der Waals surface area contributed by atoms with E-state index in [1.54, 1.807) is 0 Å². The van der Waals surface area contributed by atoms with Crippen LogP contribution >= 0.6 is 0 Å². The molecule has 0 amide bonds. The maximum atomic E-state index is 10.6. The van der Waals surface area contributed by atoms with Gasteiger partial charge in [-0.05, 0) is 60.1 Å². The minimum absolute atomic E-state index is 0.288. The molecule has 2 atom stereocenters. The number of piperazine rings is 1. The maximum absolute atomic E-state index is 10.6. The summed E-state index contributed by atoms with van der Waals surface area (Å²) < 4.78 is 11.9. The lowest BCUT2D eigenvalue weighted by molar-refractivity contribution is 0.0239. The molecule has 0 aromatic heterocycles. The Bertz CT molecular complexity index is 876. The summed E-state index contributed by atoms with van der Waals surface area (Å²) in [7, 11) is 0. The molecule has 0 aliphatic carbocycles. The van der Waals surface area contributed by atoms with E-state index in [1.165, 1.54) is 11.1 Å². The Balaban J connectivity index is 1.37. The summed E-state index contributed by atoms with van der Waals surface area (Å²) >= 11 is 0. The first-order chi connectivity index (χ1) is 17.1. The molecule has 1 fully saturated rings. The van der Waals surface area contributed by atoms with Crippen LogP contribution in [0.15, 0.2) is 36.4 Å². The number of hydrogen-bond donors (Lipinski definition) is 2. The van der Waals surface area contributed by atoms with Crippen molar-refractivity contribution in [3.63, 3.8) is 0 Å². The monoisotopic (exact) mass is 498 g/mol. The average molecular weight is 499 g/mol. The van der Waals surface area contributed by atoms with E-state index < -0.39 is 12.2 Å². The van der Waals surface area contributed by atoms with Crippen molar-refractivity contribution in [3.8, 4) is 11.5 Å². The van der Waals surface area contributed by atoms with Crippen molar-refractivity contribution >= 4 is 0 Å². The van der Waals surface area contributed by atoms with Crippen molar-refractivity contribution in [1.29, 1.82) is 0 Å². The summed E-state index contributed by atoms with van der Waals surface area (Å²) in [4.78, 5) is 4.54. The first kappa shape index (κ1) is 28.5. The number of nitrogens with zero attached hydrogens (tertiary/aromatic N) is 2. The van der Waals surface area contributed by atoms with Crippen LogP contribution in [0.4, 0.5) is 0 Å². The summed E-state index contributed by atoms with van der Waals surface area (Å²) in [6, 6.07) is 12.6. The van der Waals surface area contributed by atoms with Crippen LogP contribution in [0.5, 0.6) is 11.5 Å². The summed E-state index contributed by atoms with van der Waals surface area (Å²) in [6.45, 7) is 18.0. The van der Waals surface area contributed by atoms with Gasteiger partial charge in [0.05, 0.1) is 0 Å². The summed E-state index contributed by atoms with van der Waals surface area (Å²) in [5, 5.41) is 21.1. The van der Waals surface area contributed by atoms with Gasteiger partial charge in [0.1, 0.15) is 36.9 Å². The number of benzene rings is 2. The molecule has 1 aliphatic heterocycles. The van der Waals surface area contributed by atoms with Crippen molar-refractivity contribution in [2.24, 2.45) is 0 Å². The largest absolute Gasteiger partial charge is 0.491 e. The van der Waals surface area contributed by atoms with Gasteiger partial charge in [-0.15, -0.1) is 0 Å². The lowest BCUT2D eigenvalue weighted by atomic mass is 10.0. The van der Waals surface area contributed by atoms with E-state index in [0.29, 0.717) is 24.9 Å². The molecule has 200 valence electrons. The third-order valence-corrected chi connectivity index (χ3v) is 7.02. The molecule has 3 rings (SSSR count). The zero-order chi connectivity index (χ0) is 26.2. The highest BCUT2D eigenvalue weighted by atomic mass is 16.5. The number of aryl methyl sites for hydroxylation is 2. The second kappa shape index (κ2) is 13.4. The average Bonchev–Trinajstić information content (AvgIpc) is 2.84. The van der Waals surface area contributed by atoms with Gasteiger partial charge in [-0.25, -0.2) is 0 Å². The molecule has 6 heteroatoms. The van der Waals surface area contributed by atoms with Crippen LogP contribution in [0, 0.1) is 13.8 Å². The molecule has 6 nitrogen and oxygen atoms in total. The Morgan fingerprint density at radius 3 is 1.36 bits per heavy atom. The number of β-amino-alcohol motifs (C(OH)–C–C–N with tert-alkyl or cyclic N) is 2. The van der Waals surface area contributed by atoms with Crippen molar-refractivity contribution in [2.75, 3.05) is 52.5 Å². The third kappa shape index (κ3) is 8.48. The van der Waals surface area contributed by atoms with Crippen LogP contribution < -0.4 is 9.47 Å². The SMILES string of the molecule is Cc1ccc(C(C)C)cc1OC[C@@H](O)CN1CCN(C[C@@H](O)COc2cc(C(C)C)ccc2C)CC1. The van der Waals surface area contributed by atoms with E-state index in [9.17, 15) is 10.2 Å². The summed E-state index contributed by atoms with van der Waals surface area (Å²) in [5.41, 5.74) is 4.66. The fraction of sp³-hybridized carbons (Fsp3) is 0.600. The van der Waals surface area contributed by atoms with Crippen LogP contribution in [-0.4, -0.2) is 84.7 Å². The van der Waals surface area contributed by atoms with Crippen LogP contribution in [0.3, 0.4) is 0 Å². The fourth-order valence-corrected chi connectivity index (χ4v) is 4.49. The lowest BCUT2D eigenvalue weighted by Gasteiger charge is -2.36. The van der Waals surface area contributed by atoms with Crippen molar-refractivity contribution < 1.29 is 19.7 Å². The Labute approximate surface area is 217 Å². The molecule has 1 heterocycles. The molecule has 36 heavy (non-hydrogen) atoms. The van der Waals surface area contributed by atoms with E-state index >= 15 is 0 Å². The van der Waals surface area contributed by atoms with E-state index in [1.807, 2.05) is 13.8 Å². The molecule has 0 unspecified atom stereocenters. The highest BCUT2D eigenvalue weighted by Gasteiger charge is 2.22. The number of aliphatic hydroxyl groups is 2. The maximum Gasteiger partial charge on any atom is 0.122 e.